The first-order chi connectivity index (χ1) is 21.6. The maximum atomic E-state index is 13.3. The molecule has 0 radical (unpaired) electrons. The number of ether oxygens (including phenoxy) is 3. The number of nitrogens with zero attached hydrogens (tertiary/aromatic N) is 2. The van der Waals surface area contributed by atoms with Gasteiger partial charge in [-0.05, 0) is 67.4 Å². The van der Waals surface area contributed by atoms with Crippen LogP contribution in [0.3, 0.4) is 0 Å². The van der Waals surface area contributed by atoms with Gasteiger partial charge in [0.05, 0.1) is 30.4 Å². The number of urea groups is 1. The number of alkyl halides is 6. The standard InChI is InChI=1S/C33H34F6N2O5/c1-4-44-29(42)31(2,46-28-8-6-5-7-9-28)19-22-10-12-27(13-11-22)45-15-14-26-21-41(30(43)40(26)3)20-23-16-24(32(34,35)36)18-25(17-23)33(37,38)39/h5-13,16-18,26H,4,14-15,19-21H2,1-3H3. The molecule has 3 aromatic carbocycles. The highest BCUT2D eigenvalue weighted by Crippen LogP contribution is 2.37. The van der Waals surface area contributed by atoms with E-state index in [4.69, 9.17) is 14.2 Å². The van der Waals surface area contributed by atoms with Gasteiger partial charge >= 0.3 is 24.4 Å². The zero-order valence-corrected chi connectivity index (χ0v) is 25.5. The summed E-state index contributed by atoms with van der Waals surface area (Å²) in [6.45, 7) is 3.45. The van der Waals surface area contributed by atoms with Crippen LogP contribution in [0.5, 0.6) is 11.5 Å². The first-order valence-electron chi connectivity index (χ1n) is 14.5. The van der Waals surface area contributed by atoms with Crippen molar-refractivity contribution in [1.82, 2.24) is 9.80 Å². The van der Waals surface area contributed by atoms with E-state index in [1.807, 2.05) is 6.07 Å². The van der Waals surface area contributed by atoms with Crippen molar-refractivity contribution >= 4 is 12.0 Å². The Morgan fingerprint density at radius 2 is 1.48 bits per heavy atom. The average Bonchev–Trinajstić information content (AvgIpc) is 3.25. The van der Waals surface area contributed by atoms with Crippen LogP contribution in [0, 0.1) is 0 Å². The van der Waals surface area contributed by atoms with Crippen molar-refractivity contribution in [2.75, 3.05) is 26.8 Å². The number of hydrogen-bond donors (Lipinski definition) is 0. The molecule has 7 nitrogen and oxygen atoms in total. The molecule has 2 amide bonds. The third-order valence-electron chi connectivity index (χ3n) is 7.55. The molecular weight excluding hydrogens is 618 g/mol. The number of para-hydroxylation sites is 1. The summed E-state index contributed by atoms with van der Waals surface area (Å²) < 4.78 is 96.8. The molecule has 1 aliphatic rings. The predicted octanol–water partition coefficient (Wildman–Crippen LogP) is 7.37. The number of hydrogen-bond acceptors (Lipinski definition) is 5. The highest BCUT2D eigenvalue weighted by Gasteiger charge is 2.39. The lowest BCUT2D eigenvalue weighted by molar-refractivity contribution is -0.160. The second-order valence-electron chi connectivity index (χ2n) is 11.2. The summed E-state index contributed by atoms with van der Waals surface area (Å²) in [7, 11) is 1.52. The second-order valence-corrected chi connectivity index (χ2v) is 11.2. The molecule has 46 heavy (non-hydrogen) atoms. The molecule has 2 atom stereocenters. The van der Waals surface area contributed by atoms with E-state index in [0.29, 0.717) is 30.1 Å². The molecule has 248 valence electrons. The Balaban J connectivity index is 1.35. The molecule has 0 spiro atoms. The van der Waals surface area contributed by atoms with Crippen molar-refractivity contribution in [3.8, 4) is 11.5 Å². The van der Waals surface area contributed by atoms with Gasteiger partial charge in [-0.3, -0.25) is 0 Å². The smallest absolute Gasteiger partial charge is 0.416 e. The van der Waals surface area contributed by atoms with Crippen LogP contribution in [0.2, 0.25) is 0 Å². The lowest BCUT2D eigenvalue weighted by atomic mass is 9.96. The van der Waals surface area contributed by atoms with E-state index in [-0.39, 0.29) is 43.9 Å². The van der Waals surface area contributed by atoms with Crippen molar-refractivity contribution in [2.24, 2.45) is 0 Å². The summed E-state index contributed by atoms with van der Waals surface area (Å²) in [5.41, 5.74) is -3.62. The second kappa shape index (κ2) is 13.9. The number of halogens is 6. The van der Waals surface area contributed by atoms with Crippen molar-refractivity contribution in [3.05, 3.63) is 95.1 Å². The van der Waals surface area contributed by atoms with Gasteiger partial charge in [-0.25, -0.2) is 9.59 Å². The van der Waals surface area contributed by atoms with Gasteiger partial charge in [-0.2, -0.15) is 26.3 Å². The molecule has 1 aliphatic heterocycles. The Kier molecular flexibility index (Phi) is 10.4. The van der Waals surface area contributed by atoms with Crippen LogP contribution in [0.4, 0.5) is 31.1 Å². The molecule has 1 saturated heterocycles. The Labute approximate surface area is 262 Å². The monoisotopic (exact) mass is 652 g/mol. The van der Waals surface area contributed by atoms with Gasteiger partial charge in [0.2, 0.25) is 5.60 Å². The molecule has 13 heteroatoms. The van der Waals surface area contributed by atoms with Crippen LogP contribution < -0.4 is 9.47 Å². The Morgan fingerprint density at radius 1 is 0.870 bits per heavy atom. The van der Waals surface area contributed by atoms with E-state index < -0.39 is 47.6 Å². The minimum Gasteiger partial charge on any atom is -0.494 e. The van der Waals surface area contributed by atoms with E-state index in [2.05, 4.69) is 0 Å². The van der Waals surface area contributed by atoms with E-state index in [1.165, 1.54) is 16.8 Å². The van der Waals surface area contributed by atoms with Crippen LogP contribution in [0.1, 0.15) is 42.5 Å². The van der Waals surface area contributed by atoms with Crippen molar-refractivity contribution in [2.45, 2.75) is 57.2 Å². The summed E-state index contributed by atoms with van der Waals surface area (Å²) in [6.07, 6.45) is -9.36. The number of rotatable bonds is 12. The number of benzene rings is 3. The molecule has 4 rings (SSSR count). The number of carbonyl (C=O) groups is 2. The summed E-state index contributed by atoms with van der Waals surface area (Å²) in [6, 6.07) is 16.4. The molecule has 0 N–H and O–H groups in total. The number of carbonyl (C=O) groups excluding carboxylic acids is 2. The predicted molar refractivity (Wildman–Crippen MR) is 156 cm³/mol. The van der Waals surface area contributed by atoms with Crippen LogP contribution in [0.15, 0.2) is 72.8 Å². The Hall–Kier alpha value is -4.42. The quantitative estimate of drug-likeness (QED) is 0.151. The van der Waals surface area contributed by atoms with Crippen molar-refractivity contribution in [1.29, 1.82) is 0 Å². The van der Waals surface area contributed by atoms with E-state index >= 15 is 0 Å². The third kappa shape index (κ3) is 8.64. The van der Waals surface area contributed by atoms with Crippen LogP contribution >= 0.6 is 0 Å². The minimum absolute atomic E-state index is 0.0612. The zero-order chi connectivity index (χ0) is 33.7. The fraction of sp³-hybridized carbons (Fsp3) is 0.394. The van der Waals surface area contributed by atoms with Crippen LogP contribution in [0.25, 0.3) is 0 Å². The molecule has 0 saturated carbocycles. The molecule has 3 aromatic rings. The van der Waals surface area contributed by atoms with E-state index in [0.717, 1.165) is 5.56 Å². The van der Waals surface area contributed by atoms with E-state index in [1.54, 1.807) is 62.4 Å². The number of amides is 2. The maximum absolute atomic E-state index is 13.3. The molecule has 0 bridgehead atoms. The SMILES string of the molecule is CCOC(=O)C(C)(Cc1ccc(OCCC2CN(Cc3cc(C(F)(F)F)cc(C(F)(F)F)c3)C(=O)N2C)cc1)Oc1ccccc1. The highest BCUT2D eigenvalue weighted by atomic mass is 19.4. The summed E-state index contributed by atoms with van der Waals surface area (Å²) in [4.78, 5) is 28.2. The molecule has 1 heterocycles. The van der Waals surface area contributed by atoms with Gasteiger partial charge in [0, 0.05) is 33.0 Å². The zero-order valence-electron chi connectivity index (χ0n) is 25.5. The van der Waals surface area contributed by atoms with Gasteiger partial charge in [-0.15, -0.1) is 0 Å². The highest BCUT2D eigenvalue weighted by molar-refractivity contribution is 5.80. The van der Waals surface area contributed by atoms with Crippen molar-refractivity contribution in [3.63, 3.8) is 0 Å². The van der Waals surface area contributed by atoms with Gasteiger partial charge in [-0.1, -0.05) is 30.3 Å². The fourth-order valence-electron chi connectivity index (χ4n) is 5.17. The van der Waals surface area contributed by atoms with Crippen LogP contribution in [-0.2, 0) is 34.8 Å². The lowest BCUT2D eigenvalue weighted by Crippen LogP contribution is -2.45. The molecule has 2 unspecified atom stereocenters. The lowest BCUT2D eigenvalue weighted by Gasteiger charge is -2.28. The van der Waals surface area contributed by atoms with Gasteiger partial charge in [0.25, 0.3) is 0 Å². The van der Waals surface area contributed by atoms with Gasteiger partial charge < -0.3 is 24.0 Å². The van der Waals surface area contributed by atoms with Crippen molar-refractivity contribution < 1.29 is 50.1 Å². The molecular formula is C33H34F6N2O5. The summed E-state index contributed by atoms with van der Waals surface area (Å²) in [5.74, 6) is 0.545. The van der Waals surface area contributed by atoms with Gasteiger partial charge in [0.1, 0.15) is 11.5 Å². The topological polar surface area (TPSA) is 68.3 Å². The van der Waals surface area contributed by atoms with E-state index in [9.17, 15) is 35.9 Å². The minimum atomic E-state index is -4.98. The summed E-state index contributed by atoms with van der Waals surface area (Å²) in [5, 5.41) is 0. The number of likely N-dealkylation sites (N-methyl/N-ethyl adjacent to an activating group) is 1. The Bertz CT molecular complexity index is 1460. The molecule has 0 aliphatic carbocycles. The third-order valence-corrected chi connectivity index (χ3v) is 7.55. The molecule has 0 aromatic heterocycles. The van der Waals surface area contributed by atoms with Gasteiger partial charge in [0.15, 0.2) is 0 Å². The maximum Gasteiger partial charge on any atom is 0.416 e. The Morgan fingerprint density at radius 3 is 2.04 bits per heavy atom. The number of esters is 1. The largest absolute Gasteiger partial charge is 0.494 e. The molecule has 1 fully saturated rings. The first-order valence-corrected chi connectivity index (χ1v) is 14.5. The first kappa shape index (κ1) is 34.5. The summed E-state index contributed by atoms with van der Waals surface area (Å²) >= 11 is 0. The normalized spacial score (nSPS) is 16.7. The van der Waals surface area contributed by atoms with Crippen LogP contribution in [-0.4, -0.2) is 60.2 Å². The average molecular weight is 653 g/mol. The fourth-order valence-corrected chi connectivity index (χ4v) is 5.17.